The highest BCUT2D eigenvalue weighted by atomic mass is 16.6. The minimum absolute atomic E-state index is 0.0540. The van der Waals surface area contributed by atoms with Gasteiger partial charge in [0.15, 0.2) is 0 Å². The van der Waals surface area contributed by atoms with Crippen molar-refractivity contribution in [2.75, 3.05) is 66.4 Å². The third kappa shape index (κ3) is 16.0. The highest BCUT2D eigenvalue weighted by Crippen LogP contribution is 2.72. The molecule has 0 aromatic heterocycles. The van der Waals surface area contributed by atoms with E-state index in [-0.39, 0.29) is 6.10 Å². The molecule has 0 radical (unpaired) electrons. The van der Waals surface area contributed by atoms with Gasteiger partial charge in [0.25, 0.3) is 0 Å². The minimum atomic E-state index is 0.0540. The molecule has 5 aliphatic rings. The smallest absolute Gasteiger partial charge is 0.0936 e. The monoisotopic (exact) mass is 894 g/mol. The van der Waals surface area contributed by atoms with Gasteiger partial charge in [0, 0.05) is 33.4 Å². The zero-order valence-electron chi connectivity index (χ0n) is 43.3. The number of unbranched alkanes of at least 4 members (excludes halogenated alkanes) is 9. The Morgan fingerprint density at radius 2 is 1.45 bits per heavy atom. The first-order valence-corrected chi connectivity index (χ1v) is 27.7. The van der Waals surface area contributed by atoms with Gasteiger partial charge in [-0.25, -0.2) is 0 Å². The summed E-state index contributed by atoms with van der Waals surface area (Å²) in [6.07, 6.45) is 43.9. The Hall–Kier alpha value is -1.02. The Balaban J connectivity index is 0.937. The molecule has 2 unspecified atom stereocenters. The maximum Gasteiger partial charge on any atom is 0.0936 e. The van der Waals surface area contributed by atoms with Gasteiger partial charge in [0.2, 0.25) is 0 Å². The zero-order chi connectivity index (χ0) is 45.7. The topological polar surface area (TPSA) is 49.4 Å². The second-order valence-electron chi connectivity index (χ2n) is 22.9. The van der Waals surface area contributed by atoms with Crippen molar-refractivity contribution in [1.29, 1.82) is 0 Å². The molecule has 0 amide bonds. The molecule has 0 aromatic rings. The first kappa shape index (κ1) is 53.9. The van der Waals surface area contributed by atoms with Crippen molar-refractivity contribution in [3.05, 3.63) is 36.0 Å². The number of rotatable bonds is 33. The number of hydrogen-bond acceptors (Lipinski definition) is 6. The van der Waals surface area contributed by atoms with Gasteiger partial charge in [-0.1, -0.05) is 142 Å². The average molecular weight is 894 g/mol. The normalized spacial score (nSPS) is 31.8. The summed E-state index contributed by atoms with van der Waals surface area (Å²) in [5.74, 6) is 4.29. The average Bonchev–Trinajstić information content (AvgIpc) is 3.89. The summed E-state index contributed by atoms with van der Waals surface area (Å²) >= 11 is 0. The van der Waals surface area contributed by atoms with Gasteiger partial charge in [-0.2, -0.15) is 0 Å². The molecule has 3 saturated carbocycles. The lowest BCUT2D eigenvalue weighted by Gasteiger charge is -2.63. The van der Waals surface area contributed by atoms with E-state index in [2.05, 4.69) is 83.7 Å². The molecule has 0 spiro atoms. The molecular weight excluding hydrogens is 791 g/mol. The van der Waals surface area contributed by atoms with Crippen molar-refractivity contribution >= 4 is 0 Å². The summed E-state index contributed by atoms with van der Waals surface area (Å²) < 4.78 is 30.9. The van der Waals surface area contributed by atoms with Gasteiger partial charge in [0.1, 0.15) is 0 Å². The van der Waals surface area contributed by atoms with E-state index in [1.165, 1.54) is 128 Å². The molecule has 5 rings (SSSR count). The molecule has 4 aliphatic carbocycles. The fourth-order valence-electron chi connectivity index (χ4n) is 14.1. The third-order valence-electron chi connectivity index (χ3n) is 17.8. The fraction of sp³-hybridized carbons (Fsp3) is 0.897. The lowest BCUT2D eigenvalue weighted by molar-refractivity contribution is -0.118. The van der Waals surface area contributed by atoms with Crippen LogP contribution in [0.4, 0.5) is 0 Å². The first-order valence-electron chi connectivity index (χ1n) is 27.7. The Bertz CT molecular complexity index is 1360. The fourth-order valence-corrected chi connectivity index (χ4v) is 14.1. The summed E-state index contributed by atoms with van der Waals surface area (Å²) in [5, 5.41) is 0. The van der Waals surface area contributed by atoms with E-state index in [0.29, 0.717) is 61.5 Å². The summed E-state index contributed by atoms with van der Waals surface area (Å²) in [5.41, 5.74) is 3.02. The van der Waals surface area contributed by atoms with Gasteiger partial charge in [-0.05, 0) is 142 Å². The second kappa shape index (κ2) is 28.5. The number of likely N-dealkylation sites (tertiary alicyclic amines) is 1. The maximum absolute atomic E-state index is 6.54. The van der Waals surface area contributed by atoms with Gasteiger partial charge in [0.05, 0.1) is 51.3 Å². The Labute approximate surface area is 396 Å². The largest absolute Gasteiger partial charge is 0.380 e. The lowest BCUT2D eigenvalue weighted by Crippen LogP contribution is -2.56. The number of nitrogens with zero attached hydrogens (tertiary/aromatic N) is 1. The second-order valence-corrected chi connectivity index (χ2v) is 22.9. The molecule has 6 heteroatoms. The highest BCUT2D eigenvalue weighted by molar-refractivity contribution is 5.28. The van der Waals surface area contributed by atoms with Crippen LogP contribution in [0.5, 0.6) is 0 Å². The quantitative estimate of drug-likeness (QED) is 0.0483. The number of fused-ring (bicyclic) bond motifs is 5. The molecule has 0 N–H and O–H groups in total. The first-order chi connectivity index (χ1) is 31.0. The van der Waals surface area contributed by atoms with E-state index in [9.17, 15) is 0 Å². The lowest BCUT2D eigenvalue weighted by atomic mass is 9.41. The molecular formula is C58H103NO5. The van der Waals surface area contributed by atoms with E-state index < -0.39 is 0 Å². The summed E-state index contributed by atoms with van der Waals surface area (Å²) in [6.45, 7) is 24.6. The Kier molecular flexibility index (Phi) is 24.0. The molecule has 0 aromatic carbocycles. The van der Waals surface area contributed by atoms with Crippen LogP contribution in [0.2, 0.25) is 0 Å². The molecule has 4 fully saturated rings. The van der Waals surface area contributed by atoms with Crippen molar-refractivity contribution < 1.29 is 23.7 Å². The van der Waals surface area contributed by atoms with Gasteiger partial charge in [-0.3, -0.25) is 4.90 Å². The van der Waals surface area contributed by atoms with E-state index in [0.717, 1.165) is 81.5 Å². The van der Waals surface area contributed by atoms with Crippen molar-refractivity contribution in [3.8, 4) is 0 Å². The number of allylic oxidation sites excluding steroid dienone is 5. The van der Waals surface area contributed by atoms with Crippen LogP contribution in [-0.4, -0.2) is 89.6 Å². The van der Waals surface area contributed by atoms with Crippen LogP contribution in [0.1, 0.15) is 203 Å². The molecule has 1 heterocycles. The molecule has 370 valence electrons. The van der Waals surface area contributed by atoms with E-state index in [1.54, 1.807) is 5.57 Å². The van der Waals surface area contributed by atoms with E-state index >= 15 is 0 Å². The predicted octanol–water partition coefficient (Wildman–Crippen LogP) is 14.8. The van der Waals surface area contributed by atoms with Gasteiger partial charge >= 0.3 is 0 Å². The van der Waals surface area contributed by atoms with Gasteiger partial charge < -0.3 is 23.7 Å². The summed E-state index contributed by atoms with van der Waals surface area (Å²) in [6, 6.07) is 0. The van der Waals surface area contributed by atoms with Crippen molar-refractivity contribution in [1.82, 2.24) is 4.90 Å². The standard InChI is InChI=1S/C58H103NO5/c1-9-10-11-12-13-14-15-16-17-18-19-20-21-22-23-24-38-62-46-52(45-59-37-33-51(44-59)60-8)64-42-40-61-39-41-63-50-31-35-56(5)49(43-50)30-34-58(7)54-29-28-53(48(4)27-25-26-47(2)3)57(54,6)36-32-55(56)58/h13-14,16-17,30,47-48,50-55H,9-12,15,18-29,31-46H2,1-8H3/b14-13-,17-16-/t48-,50+,51?,52?,53-,54-,55-,56+,57-,58+/m1/s1. The SMILES string of the molecule is CCCCC/C=C\C/C=C\CCCCCCCCOCC(CN1CCC(OC)C1)OCCOCCO[C@H]1CC[C@@]2(C)C(=CC[C@@]3(C)[C@@H]4CC[C@H]([C@H](C)CCCC(C)C)[C@@]4(C)CC[C@@H]32)C1. The van der Waals surface area contributed by atoms with Crippen LogP contribution < -0.4 is 0 Å². The van der Waals surface area contributed by atoms with Crippen LogP contribution in [0.15, 0.2) is 36.0 Å². The Morgan fingerprint density at radius 3 is 2.20 bits per heavy atom. The predicted molar refractivity (Wildman–Crippen MR) is 270 cm³/mol. The summed E-state index contributed by atoms with van der Waals surface area (Å²) in [4.78, 5) is 2.47. The van der Waals surface area contributed by atoms with Crippen molar-refractivity contribution in [3.63, 3.8) is 0 Å². The maximum atomic E-state index is 6.54. The number of hydrogen-bond donors (Lipinski definition) is 0. The third-order valence-corrected chi connectivity index (χ3v) is 17.8. The van der Waals surface area contributed by atoms with E-state index in [1.807, 2.05) is 7.11 Å². The molecule has 0 bridgehead atoms. The van der Waals surface area contributed by atoms with Crippen LogP contribution >= 0.6 is 0 Å². The van der Waals surface area contributed by atoms with Crippen molar-refractivity contribution in [2.24, 2.45) is 45.8 Å². The van der Waals surface area contributed by atoms with Crippen LogP contribution in [0, 0.1) is 45.8 Å². The molecule has 1 aliphatic heterocycles. The van der Waals surface area contributed by atoms with Crippen molar-refractivity contribution in [2.45, 2.75) is 221 Å². The van der Waals surface area contributed by atoms with Crippen LogP contribution in [0.25, 0.3) is 0 Å². The zero-order valence-corrected chi connectivity index (χ0v) is 43.3. The highest BCUT2D eigenvalue weighted by Gasteiger charge is 2.64. The molecule has 10 atom stereocenters. The molecule has 64 heavy (non-hydrogen) atoms. The minimum Gasteiger partial charge on any atom is -0.380 e. The Morgan fingerprint density at radius 1 is 0.703 bits per heavy atom. The molecule has 6 nitrogen and oxygen atoms in total. The number of methoxy groups -OCH3 is 1. The van der Waals surface area contributed by atoms with Gasteiger partial charge in [-0.15, -0.1) is 0 Å². The van der Waals surface area contributed by atoms with Crippen LogP contribution in [-0.2, 0) is 23.7 Å². The van der Waals surface area contributed by atoms with Crippen LogP contribution in [0.3, 0.4) is 0 Å². The number of ether oxygens (including phenoxy) is 5. The molecule has 1 saturated heterocycles. The van der Waals surface area contributed by atoms with E-state index in [4.69, 9.17) is 23.7 Å². The summed E-state index contributed by atoms with van der Waals surface area (Å²) in [7, 11) is 1.83.